The molecule has 2 N–H and O–H groups in total. The first-order chi connectivity index (χ1) is 8.70. The topological polar surface area (TPSA) is 53.1 Å². The molecule has 0 radical (unpaired) electrons. The van der Waals surface area contributed by atoms with Crippen molar-refractivity contribution in [1.82, 2.24) is 9.78 Å². The standard InChI is InChI=1S/C13H15N3OS/c1-2-7-16-9-10(8-15-16)17-12-6-4-3-5-11(12)13(14)18/h3-6,8-9H,2,7H2,1H3,(H2,14,18). The van der Waals surface area contributed by atoms with Crippen LogP contribution in [0.4, 0.5) is 0 Å². The van der Waals surface area contributed by atoms with Crippen LogP contribution in [0.1, 0.15) is 18.9 Å². The number of nitrogens with two attached hydrogens (primary N) is 1. The van der Waals surface area contributed by atoms with E-state index in [4.69, 9.17) is 22.7 Å². The monoisotopic (exact) mass is 261 g/mol. The molecule has 5 heteroatoms. The van der Waals surface area contributed by atoms with Gasteiger partial charge in [0.1, 0.15) is 10.7 Å². The van der Waals surface area contributed by atoms with E-state index in [-0.39, 0.29) is 0 Å². The lowest BCUT2D eigenvalue weighted by Crippen LogP contribution is -2.10. The molecule has 0 bridgehead atoms. The second kappa shape index (κ2) is 5.64. The lowest BCUT2D eigenvalue weighted by atomic mass is 10.2. The SMILES string of the molecule is CCCn1cc(Oc2ccccc2C(N)=S)cn1. The number of para-hydroxylation sites is 1. The Bertz CT molecular complexity index is 551. The van der Waals surface area contributed by atoms with Gasteiger partial charge in [0.15, 0.2) is 5.75 Å². The zero-order valence-electron chi connectivity index (χ0n) is 10.2. The van der Waals surface area contributed by atoms with Crippen molar-refractivity contribution in [1.29, 1.82) is 0 Å². The maximum Gasteiger partial charge on any atom is 0.165 e. The Morgan fingerprint density at radius 1 is 1.44 bits per heavy atom. The van der Waals surface area contributed by atoms with Crippen molar-refractivity contribution in [2.45, 2.75) is 19.9 Å². The van der Waals surface area contributed by atoms with E-state index in [0.29, 0.717) is 16.5 Å². The van der Waals surface area contributed by atoms with Crippen molar-refractivity contribution in [2.24, 2.45) is 5.73 Å². The molecule has 0 saturated carbocycles. The van der Waals surface area contributed by atoms with Crippen LogP contribution in [0.25, 0.3) is 0 Å². The maximum atomic E-state index is 5.75. The molecule has 1 aromatic carbocycles. The quantitative estimate of drug-likeness (QED) is 0.841. The summed E-state index contributed by atoms with van der Waals surface area (Å²) in [6.45, 7) is 2.98. The van der Waals surface area contributed by atoms with Crippen molar-refractivity contribution in [3.8, 4) is 11.5 Å². The predicted octanol–water partition coefficient (Wildman–Crippen LogP) is 2.72. The fraction of sp³-hybridized carbons (Fsp3) is 0.231. The molecular formula is C13H15N3OS. The maximum absolute atomic E-state index is 5.75. The predicted molar refractivity (Wildman–Crippen MR) is 74.9 cm³/mol. The van der Waals surface area contributed by atoms with Gasteiger partial charge < -0.3 is 10.5 Å². The molecule has 0 aliphatic heterocycles. The first kappa shape index (κ1) is 12.6. The number of hydrogen-bond donors (Lipinski definition) is 1. The highest BCUT2D eigenvalue weighted by molar-refractivity contribution is 7.80. The van der Waals surface area contributed by atoms with Crippen LogP contribution >= 0.6 is 12.2 Å². The normalized spacial score (nSPS) is 10.3. The number of nitrogens with zero attached hydrogens (tertiary/aromatic N) is 2. The van der Waals surface area contributed by atoms with Crippen molar-refractivity contribution in [3.63, 3.8) is 0 Å². The summed E-state index contributed by atoms with van der Waals surface area (Å²) >= 11 is 4.99. The third-order valence-electron chi connectivity index (χ3n) is 2.44. The fourth-order valence-corrected chi connectivity index (χ4v) is 1.80. The number of aryl methyl sites for hydroxylation is 1. The van der Waals surface area contributed by atoms with Gasteiger partial charge in [-0.3, -0.25) is 4.68 Å². The van der Waals surface area contributed by atoms with Crippen LogP contribution in [-0.2, 0) is 6.54 Å². The van der Waals surface area contributed by atoms with E-state index in [9.17, 15) is 0 Å². The van der Waals surface area contributed by atoms with Gasteiger partial charge >= 0.3 is 0 Å². The van der Waals surface area contributed by atoms with Crippen molar-refractivity contribution >= 4 is 17.2 Å². The molecule has 2 aromatic rings. The van der Waals surface area contributed by atoms with Gasteiger partial charge in [0.2, 0.25) is 0 Å². The number of benzene rings is 1. The van der Waals surface area contributed by atoms with Gasteiger partial charge in [-0.2, -0.15) is 5.10 Å². The van der Waals surface area contributed by atoms with E-state index >= 15 is 0 Å². The summed E-state index contributed by atoms with van der Waals surface area (Å²) in [5, 5.41) is 4.20. The molecule has 2 rings (SSSR count). The van der Waals surface area contributed by atoms with Gasteiger partial charge in [-0.25, -0.2) is 0 Å². The number of thiocarbonyl (C=S) groups is 1. The minimum absolute atomic E-state index is 0.326. The van der Waals surface area contributed by atoms with Crippen molar-refractivity contribution in [3.05, 3.63) is 42.2 Å². The van der Waals surface area contributed by atoms with E-state index in [1.54, 1.807) is 6.20 Å². The molecule has 18 heavy (non-hydrogen) atoms. The number of rotatable bonds is 5. The molecule has 0 fully saturated rings. The van der Waals surface area contributed by atoms with Crippen LogP contribution in [0.15, 0.2) is 36.7 Å². The average molecular weight is 261 g/mol. The lowest BCUT2D eigenvalue weighted by Gasteiger charge is -2.07. The Morgan fingerprint density at radius 3 is 2.94 bits per heavy atom. The number of hydrogen-bond acceptors (Lipinski definition) is 3. The molecule has 0 aliphatic rings. The van der Waals surface area contributed by atoms with E-state index in [1.807, 2.05) is 35.1 Å². The molecule has 0 amide bonds. The summed E-state index contributed by atoms with van der Waals surface area (Å²) < 4.78 is 7.59. The number of ether oxygens (including phenoxy) is 1. The first-order valence-corrected chi connectivity index (χ1v) is 6.20. The second-order valence-electron chi connectivity index (χ2n) is 3.90. The second-order valence-corrected chi connectivity index (χ2v) is 4.34. The molecule has 1 aromatic heterocycles. The summed E-state index contributed by atoms with van der Waals surface area (Å²) in [6.07, 6.45) is 4.58. The Morgan fingerprint density at radius 2 is 2.22 bits per heavy atom. The summed E-state index contributed by atoms with van der Waals surface area (Å²) in [4.78, 5) is 0.326. The van der Waals surface area contributed by atoms with Crippen LogP contribution in [0.3, 0.4) is 0 Å². The largest absolute Gasteiger partial charge is 0.453 e. The molecule has 0 atom stereocenters. The molecule has 0 unspecified atom stereocenters. The molecule has 1 heterocycles. The first-order valence-electron chi connectivity index (χ1n) is 5.80. The summed E-state index contributed by atoms with van der Waals surface area (Å²) in [5.41, 5.74) is 6.38. The van der Waals surface area contributed by atoms with Crippen LogP contribution < -0.4 is 10.5 Å². The van der Waals surface area contributed by atoms with Gasteiger partial charge in [-0.1, -0.05) is 31.3 Å². The van der Waals surface area contributed by atoms with Gasteiger partial charge in [-0.05, 0) is 18.6 Å². The highest BCUT2D eigenvalue weighted by Gasteiger charge is 2.07. The zero-order valence-corrected chi connectivity index (χ0v) is 11.0. The Hall–Kier alpha value is -1.88. The highest BCUT2D eigenvalue weighted by atomic mass is 32.1. The van der Waals surface area contributed by atoms with Crippen LogP contribution in [0.2, 0.25) is 0 Å². The molecular weight excluding hydrogens is 246 g/mol. The third kappa shape index (κ3) is 2.87. The summed E-state index contributed by atoms with van der Waals surface area (Å²) in [6, 6.07) is 7.44. The lowest BCUT2D eigenvalue weighted by molar-refractivity contribution is 0.479. The molecule has 94 valence electrons. The van der Waals surface area contributed by atoms with Crippen LogP contribution in [0, 0.1) is 0 Å². The third-order valence-corrected chi connectivity index (χ3v) is 2.66. The Balaban J connectivity index is 2.20. The Kier molecular flexibility index (Phi) is 3.94. The molecule has 0 spiro atoms. The smallest absolute Gasteiger partial charge is 0.165 e. The summed E-state index contributed by atoms with van der Waals surface area (Å²) in [7, 11) is 0. The van der Waals surface area contributed by atoms with Crippen molar-refractivity contribution < 1.29 is 4.74 Å². The van der Waals surface area contributed by atoms with Crippen LogP contribution in [0.5, 0.6) is 11.5 Å². The van der Waals surface area contributed by atoms with Gasteiger partial charge in [-0.15, -0.1) is 0 Å². The van der Waals surface area contributed by atoms with Crippen molar-refractivity contribution in [2.75, 3.05) is 0 Å². The fourth-order valence-electron chi connectivity index (χ4n) is 1.63. The molecule has 0 aliphatic carbocycles. The van der Waals surface area contributed by atoms with E-state index < -0.39 is 0 Å². The summed E-state index contributed by atoms with van der Waals surface area (Å²) in [5.74, 6) is 1.34. The van der Waals surface area contributed by atoms with Gasteiger partial charge in [0.25, 0.3) is 0 Å². The van der Waals surface area contributed by atoms with Gasteiger partial charge in [0.05, 0.1) is 18.0 Å². The van der Waals surface area contributed by atoms with E-state index in [0.717, 1.165) is 18.5 Å². The van der Waals surface area contributed by atoms with Gasteiger partial charge in [0, 0.05) is 6.54 Å². The van der Waals surface area contributed by atoms with Crippen LogP contribution in [-0.4, -0.2) is 14.8 Å². The zero-order chi connectivity index (χ0) is 13.0. The molecule has 4 nitrogen and oxygen atoms in total. The van der Waals surface area contributed by atoms with E-state index in [2.05, 4.69) is 12.0 Å². The highest BCUT2D eigenvalue weighted by Crippen LogP contribution is 2.24. The minimum atomic E-state index is 0.326. The molecule has 0 saturated heterocycles. The number of aromatic nitrogens is 2. The average Bonchev–Trinajstić information content (AvgIpc) is 2.77. The Labute approximate surface area is 111 Å². The van der Waals surface area contributed by atoms with E-state index in [1.165, 1.54) is 0 Å². The minimum Gasteiger partial charge on any atom is -0.453 e.